The third-order valence-electron chi connectivity index (χ3n) is 4.46. The first-order valence-corrected chi connectivity index (χ1v) is 8.89. The van der Waals surface area contributed by atoms with Crippen molar-refractivity contribution in [3.8, 4) is 0 Å². The minimum Gasteiger partial charge on any atom is -0.341 e. The molecule has 2 aromatic heterocycles. The highest BCUT2D eigenvalue weighted by atomic mass is 32.1. The molecule has 0 unspecified atom stereocenters. The normalized spacial score (nSPS) is 18.5. The van der Waals surface area contributed by atoms with Gasteiger partial charge in [-0.1, -0.05) is 6.92 Å². The molecule has 3 rings (SSSR count). The zero-order chi connectivity index (χ0) is 16.6. The van der Waals surface area contributed by atoms with Crippen LogP contribution in [0.4, 0.5) is 0 Å². The van der Waals surface area contributed by atoms with Gasteiger partial charge in [-0.3, -0.25) is 18.7 Å². The largest absolute Gasteiger partial charge is 0.341 e. The fraction of sp³-hybridized carbons (Fsp3) is 0.562. The van der Waals surface area contributed by atoms with Crippen molar-refractivity contribution in [1.82, 2.24) is 14.0 Å². The average Bonchev–Trinajstić information content (AvgIpc) is 3.01. The molecular weight excluding hydrogens is 314 g/mol. The number of fused-ring (bicyclic) bond motifs is 1. The number of thiophene rings is 1. The molecular formula is C16H21N3O3S. The van der Waals surface area contributed by atoms with Crippen molar-refractivity contribution in [1.29, 1.82) is 0 Å². The van der Waals surface area contributed by atoms with E-state index < -0.39 is 5.69 Å². The number of piperidine rings is 1. The Morgan fingerprint density at radius 2 is 2.13 bits per heavy atom. The maximum Gasteiger partial charge on any atom is 0.331 e. The molecule has 6 nitrogen and oxygen atoms in total. The Balaban J connectivity index is 2.00. The quantitative estimate of drug-likeness (QED) is 0.854. The Kier molecular flexibility index (Phi) is 4.39. The molecule has 0 saturated carbocycles. The van der Waals surface area contributed by atoms with Gasteiger partial charge in [0.25, 0.3) is 5.56 Å². The van der Waals surface area contributed by atoms with Gasteiger partial charge in [0.05, 0.1) is 5.52 Å². The Hall–Kier alpha value is -1.89. The lowest BCUT2D eigenvalue weighted by molar-refractivity contribution is -0.133. The molecule has 124 valence electrons. The van der Waals surface area contributed by atoms with Gasteiger partial charge in [-0.15, -0.1) is 11.3 Å². The van der Waals surface area contributed by atoms with Crippen LogP contribution in [0.5, 0.6) is 0 Å². The monoisotopic (exact) mass is 335 g/mol. The van der Waals surface area contributed by atoms with Crippen LogP contribution in [0.1, 0.15) is 26.7 Å². The highest BCUT2D eigenvalue weighted by Crippen LogP contribution is 2.18. The van der Waals surface area contributed by atoms with Crippen molar-refractivity contribution in [2.75, 3.05) is 13.1 Å². The first-order valence-electron chi connectivity index (χ1n) is 8.01. The molecule has 3 heterocycles. The maximum atomic E-state index is 12.6. The zero-order valence-electron chi connectivity index (χ0n) is 13.4. The number of aromatic nitrogens is 2. The van der Waals surface area contributed by atoms with Crippen LogP contribution in [0.2, 0.25) is 0 Å². The van der Waals surface area contributed by atoms with Crippen LogP contribution in [-0.2, 0) is 17.9 Å². The highest BCUT2D eigenvalue weighted by molar-refractivity contribution is 7.17. The minimum absolute atomic E-state index is 0.000926. The second-order valence-electron chi connectivity index (χ2n) is 6.14. The van der Waals surface area contributed by atoms with E-state index >= 15 is 0 Å². The van der Waals surface area contributed by atoms with E-state index in [9.17, 15) is 14.4 Å². The van der Waals surface area contributed by atoms with Crippen molar-refractivity contribution in [2.45, 2.75) is 39.8 Å². The topological polar surface area (TPSA) is 64.3 Å². The van der Waals surface area contributed by atoms with Gasteiger partial charge in [0, 0.05) is 19.6 Å². The van der Waals surface area contributed by atoms with Crippen molar-refractivity contribution in [3.05, 3.63) is 32.3 Å². The van der Waals surface area contributed by atoms with E-state index in [0.29, 0.717) is 22.7 Å². The highest BCUT2D eigenvalue weighted by Gasteiger charge is 2.23. The Morgan fingerprint density at radius 1 is 1.35 bits per heavy atom. The number of nitrogens with zero attached hydrogens (tertiary/aromatic N) is 3. The van der Waals surface area contributed by atoms with Crippen molar-refractivity contribution in [2.24, 2.45) is 5.92 Å². The number of carbonyl (C=O) groups excluding carboxylic acids is 1. The summed E-state index contributed by atoms with van der Waals surface area (Å²) in [7, 11) is 0. The second-order valence-corrected chi connectivity index (χ2v) is 7.06. The predicted octanol–water partition coefficient (Wildman–Crippen LogP) is 1.50. The van der Waals surface area contributed by atoms with E-state index in [0.717, 1.165) is 25.9 Å². The molecule has 0 radical (unpaired) electrons. The third-order valence-corrected chi connectivity index (χ3v) is 5.35. The average molecular weight is 335 g/mol. The number of hydrogen-bond acceptors (Lipinski definition) is 4. The number of rotatable bonds is 3. The molecule has 0 aromatic carbocycles. The fourth-order valence-electron chi connectivity index (χ4n) is 3.22. The molecule has 0 bridgehead atoms. The van der Waals surface area contributed by atoms with Gasteiger partial charge < -0.3 is 4.90 Å². The third kappa shape index (κ3) is 2.85. The number of likely N-dealkylation sites (tertiary alicyclic amines) is 1. The zero-order valence-corrected chi connectivity index (χ0v) is 14.3. The molecule has 1 amide bonds. The van der Waals surface area contributed by atoms with Crippen molar-refractivity contribution >= 4 is 27.5 Å². The minimum atomic E-state index is -0.401. The molecule has 0 aliphatic carbocycles. The van der Waals surface area contributed by atoms with E-state index in [1.807, 2.05) is 4.90 Å². The fourth-order valence-corrected chi connectivity index (χ4v) is 4.06. The summed E-state index contributed by atoms with van der Waals surface area (Å²) < 4.78 is 3.18. The molecule has 0 N–H and O–H groups in total. The van der Waals surface area contributed by atoms with Gasteiger partial charge in [-0.05, 0) is 37.1 Å². The van der Waals surface area contributed by atoms with E-state index in [4.69, 9.17) is 0 Å². The Bertz CT molecular complexity index is 848. The van der Waals surface area contributed by atoms with Crippen LogP contribution < -0.4 is 11.2 Å². The summed E-state index contributed by atoms with van der Waals surface area (Å²) in [6, 6.07) is 1.74. The first kappa shape index (κ1) is 16.0. The van der Waals surface area contributed by atoms with Crippen LogP contribution in [0.3, 0.4) is 0 Å². The van der Waals surface area contributed by atoms with Gasteiger partial charge >= 0.3 is 5.69 Å². The van der Waals surface area contributed by atoms with Crippen LogP contribution in [0.25, 0.3) is 10.2 Å². The van der Waals surface area contributed by atoms with Gasteiger partial charge in [0.1, 0.15) is 11.2 Å². The summed E-state index contributed by atoms with van der Waals surface area (Å²) in [5.41, 5.74) is -0.104. The number of amides is 1. The molecule has 1 aliphatic heterocycles. The lowest BCUT2D eigenvalue weighted by atomic mass is 10.0. The van der Waals surface area contributed by atoms with E-state index in [2.05, 4.69) is 6.92 Å². The Morgan fingerprint density at radius 3 is 2.83 bits per heavy atom. The van der Waals surface area contributed by atoms with Crippen LogP contribution >= 0.6 is 11.3 Å². The molecule has 2 aromatic rings. The lowest BCUT2D eigenvalue weighted by Gasteiger charge is -2.31. The first-order chi connectivity index (χ1) is 11.0. The Labute approximate surface area is 138 Å². The number of carbonyl (C=O) groups is 1. The van der Waals surface area contributed by atoms with Crippen molar-refractivity contribution in [3.63, 3.8) is 0 Å². The SMILES string of the molecule is CCn1c(=O)c2sccc2n(CC(=O)N2CCC[C@@H](C)C2)c1=O. The summed E-state index contributed by atoms with van der Waals surface area (Å²) in [5.74, 6) is 0.447. The maximum absolute atomic E-state index is 12.6. The standard InChI is InChI=1S/C16H21N3O3S/c1-3-18-15(21)14-12(6-8-23-14)19(16(18)22)10-13(20)17-7-4-5-11(2)9-17/h6,8,11H,3-5,7,9-10H2,1-2H3/t11-/m1/s1. The number of hydrogen-bond donors (Lipinski definition) is 0. The molecule has 0 spiro atoms. The van der Waals surface area contributed by atoms with Gasteiger partial charge in [0.2, 0.25) is 5.91 Å². The lowest BCUT2D eigenvalue weighted by Crippen LogP contribution is -2.45. The molecule has 1 saturated heterocycles. The van der Waals surface area contributed by atoms with Crippen LogP contribution in [0, 0.1) is 5.92 Å². The molecule has 1 atom stereocenters. The summed E-state index contributed by atoms with van der Waals surface area (Å²) in [4.78, 5) is 39.3. The predicted molar refractivity (Wildman–Crippen MR) is 91.0 cm³/mol. The second kappa shape index (κ2) is 6.31. The van der Waals surface area contributed by atoms with E-state index in [1.165, 1.54) is 20.5 Å². The van der Waals surface area contributed by atoms with Crippen LogP contribution in [-0.4, -0.2) is 33.0 Å². The van der Waals surface area contributed by atoms with Gasteiger partial charge in [-0.2, -0.15) is 0 Å². The molecule has 7 heteroatoms. The molecule has 1 aliphatic rings. The summed E-state index contributed by atoms with van der Waals surface area (Å²) in [6.07, 6.45) is 2.14. The summed E-state index contributed by atoms with van der Waals surface area (Å²) in [6.45, 7) is 5.70. The summed E-state index contributed by atoms with van der Waals surface area (Å²) >= 11 is 1.31. The molecule has 23 heavy (non-hydrogen) atoms. The van der Waals surface area contributed by atoms with Gasteiger partial charge in [-0.25, -0.2) is 4.79 Å². The molecule has 1 fully saturated rings. The summed E-state index contributed by atoms with van der Waals surface area (Å²) in [5, 5.41) is 1.79. The van der Waals surface area contributed by atoms with Gasteiger partial charge in [0.15, 0.2) is 0 Å². The van der Waals surface area contributed by atoms with E-state index in [-0.39, 0.29) is 18.0 Å². The van der Waals surface area contributed by atoms with E-state index in [1.54, 1.807) is 18.4 Å². The van der Waals surface area contributed by atoms with Crippen LogP contribution in [0.15, 0.2) is 21.0 Å². The smallest absolute Gasteiger partial charge is 0.331 e. The van der Waals surface area contributed by atoms with Crippen molar-refractivity contribution < 1.29 is 4.79 Å².